The summed E-state index contributed by atoms with van der Waals surface area (Å²) in [5.41, 5.74) is 7.50. The van der Waals surface area contributed by atoms with Gasteiger partial charge in [-0.05, 0) is 66.4 Å². The van der Waals surface area contributed by atoms with Crippen LogP contribution in [0, 0.1) is 13.8 Å². The van der Waals surface area contributed by atoms with E-state index < -0.39 is 0 Å². The van der Waals surface area contributed by atoms with E-state index in [1.807, 2.05) is 32.0 Å². The lowest BCUT2D eigenvalue weighted by atomic mass is 10.1. The highest BCUT2D eigenvalue weighted by atomic mass is 79.9. The predicted octanol–water partition coefficient (Wildman–Crippen LogP) is 3.91. The Hall–Kier alpha value is -1.66. The third kappa shape index (κ3) is 5.48. The lowest BCUT2D eigenvalue weighted by molar-refractivity contribution is -0.121. The number of hydrogen-bond donors (Lipinski definition) is 2. The molecule has 0 fully saturated rings. The fourth-order valence-corrected chi connectivity index (χ4v) is 3.76. The minimum Gasteiger partial charge on any atom is -0.273 e. The van der Waals surface area contributed by atoms with E-state index >= 15 is 0 Å². The molecule has 0 bridgehead atoms. The number of rotatable bonds is 5. The Balaban J connectivity index is 1.74. The van der Waals surface area contributed by atoms with Gasteiger partial charge in [0.25, 0.3) is 5.91 Å². The smallest absolute Gasteiger partial charge is 0.269 e. The van der Waals surface area contributed by atoms with Crippen molar-refractivity contribution in [1.29, 1.82) is 0 Å². The van der Waals surface area contributed by atoms with Crippen molar-refractivity contribution in [1.82, 2.24) is 10.9 Å². The van der Waals surface area contributed by atoms with E-state index in [2.05, 4.69) is 32.8 Å². The number of amides is 2. The monoisotopic (exact) mass is 394 g/mol. The van der Waals surface area contributed by atoms with Gasteiger partial charge in [-0.3, -0.25) is 20.4 Å². The fraction of sp³-hybridized carbons (Fsp3) is 0.294. The van der Waals surface area contributed by atoms with E-state index in [0.29, 0.717) is 12.0 Å². The van der Waals surface area contributed by atoms with Gasteiger partial charge in [-0.2, -0.15) is 0 Å². The van der Waals surface area contributed by atoms with Gasteiger partial charge in [0.05, 0.1) is 3.79 Å². The van der Waals surface area contributed by atoms with Gasteiger partial charge >= 0.3 is 0 Å². The highest BCUT2D eigenvalue weighted by molar-refractivity contribution is 9.11. The Morgan fingerprint density at radius 2 is 1.91 bits per heavy atom. The summed E-state index contributed by atoms with van der Waals surface area (Å²) in [6.45, 7) is 3.85. The van der Waals surface area contributed by atoms with Crippen LogP contribution in [0.15, 0.2) is 34.1 Å². The number of carbonyl (C=O) groups excluding carboxylic acids is 2. The molecule has 0 saturated heterocycles. The second-order valence-corrected chi connectivity index (χ2v) is 7.93. The molecule has 2 amide bonds. The molecule has 4 nitrogen and oxygen atoms in total. The van der Waals surface area contributed by atoms with Crippen LogP contribution in [0.2, 0.25) is 0 Å². The van der Waals surface area contributed by atoms with Crippen LogP contribution < -0.4 is 10.9 Å². The number of hydrogen-bond acceptors (Lipinski definition) is 3. The summed E-state index contributed by atoms with van der Waals surface area (Å²) in [6, 6.07) is 9.64. The molecule has 0 unspecified atom stereocenters. The maximum atomic E-state index is 12.0. The molecule has 1 aromatic heterocycles. The van der Waals surface area contributed by atoms with Gasteiger partial charge in [-0.1, -0.05) is 17.7 Å². The highest BCUT2D eigenvalue weighted by Gasteiger charge is 2.10. The van der Waals surface area contributed by atoms with Crippen LogP contribution in [0.4, 0.5) is 0 Å². The molecular weight excluding hydrogens is 376 g/mol. The number of aryl methyl sites for hydroxylation is 3. The number of nitrogens with one attached hydrogen (secondary N) is 2. The van der Waals surface area contributed by atoms with Crippen molar-refractivity contribution < 1.29 is 9.59 Å². The normalized spacial score (nSPS) is 10.4. The molecule has 1 heterocycles. The Kier molecular flexibility index (Phi) is 6.36. The average Bonchev–Trinajstić information content (AvgIpc) is 2.90. The summed E-state index contributed by atoms with van der Waals surface area (Å²) < 4.78 is 1.10. The van der Waals surface area contributed by atoms with Crippen molar-refractivity contribution in [3.05, 3.63) is 55.7 Å². The molecule has 2 rings (SSSR count). The molecule has 122 valence electrons. The minimum atomic E-state index is -0.293. The predicted molar refractivity (Wildman–Crippen MR) is 96.5 cm³/mol. The van der Waals surface area contributed by atoms with E-state index in [9.17, 15) is 9.59 Å². The Labute approximate surface area is 148 Å². The molecule has 0 aliphatic heterocycles. The van der Waals surface area contributed by atoms with Crippen molar-refractivity contribution in [2.75, 3.05) is 0 Å². The average molecular weight is 395 g/mol. The van der Waals surface area contributed by atoms with Gasteiger partial charge < -0.3 is 0 Å². The van der Waals surface area contributed by atoms with Crippen LogP contribution in [-0.2, 0) is 11.2 Å². The molecule has 0 aliphatic carbocycles. The first-order valence-electron chi connectivity index (χ1n) is 7.36. The molecular formula is C17H19BrN2O2S. The largest absolute Gasteiger partial charge is 0.273 e. The van der Waals surface area contributed by atoms with Crippen LogP contribution >= 0.6 is 27.3 Å². The van der Waals surface area contributed by atoms with Gasteiger partial charge in [0.15, 0.2) is 0 Å². The summed E-state index contributed by atoms with van der Waals surface area (Å²) >= 11 is 5.09. The van der Waals surface area contributed by atoms with Gasteiger partial charge in [0.1, 0.15) is 0 Å². The van der Waals surface area contributed by atoms with Crippen molar-refractivity contribution in [2.24, 2.45) is 0 Å². The molecule has 2 N–H and O–H groups in total. The zero-order chi connectivity index (χ0) is 16.8. The van der Waals surface area contributed by atoms with Crippen LogP contribution in [0.3, 0.4) is 0 Å². The SMILES string of the molecule is Cc1ccc(C(=O)NNC(=O)CCCc2ccc(Br)s2)c(C)c1. The number of halogens is 1. The van der Waals surface area contributed by atoms with Crippen molar-refractivity contribution in [3.8, 4) is 0 Å². The van der Waals surface area contributed by atoms with E-state index in [1.54, 1.807) is 17.4 Å². The first kappa shape index (κ1) is 17.7. The van der Waals surface area contributed by atoms with Crippen LogP contribution in [-0.4, -0.2) is 11.8 Å². The lowest BCUT2D eigenvalue weighted by Gasteiger charge is -2.09. The standard InChI is InChI=1S/C17H19BrN2O2S/c1-11-6-8-14(12(2)10-11)17(22)20-19-16(21)5-3-4-13-7-9-15(18)23-13/h6-10H,3-5H2,1-2H3,(H,19,21)(H,20,22). The second-order valence-electron chi connectivity index (χ2n) is 5.38. The zero-order valence-corrected chi connectivity index (χ0v) is 15.5. The van der Waals surface area contributed by atoms with Crippen molar-refractivity contribution in [2.45, 2.75) is 33.1 Å². The van der Waals surface area contributed by atoms with Crippen LogP contribution in [0.25, 0.3) is 0 Å². The first-order chi connectivity index (χ1) is 11.0. The van der Waals surface area contributed by atoms with Gasteiger partial charge in [0.2, 0.25) is 5.91 Å². The fourth-order valence-electron chi connectivity index (χ4n) is 2.23. The topological polar surface area (TPSA) is 58.2 Å². The van der Waals surface area contributed by atoms with Gasteiger partial charge in [-0.25, -0.2) is 0 Å². The van der Waals surface area contributed by atoms with Crippen molar-refractivity contribution >= 4 is 39.1 Å². The number of thiophene rings is 1. The van der Waals surface area contributed by atoms with Gasteiger partial charge in [0, 0.05) is 16.9 Å². The van der Waals surface area contributed by atoms with E-state index in [4.69, 9.17) is 0 Å². The molecule has 0 saturated carbocycles. The molecule has 1 aromatic carbocycles. The maximum absolute atomic E-state index is 12.0. The molecule has 0 spiro atoms. The lowest BCUT2D eigenvalue weighted by Crippen LogP contribution is -2.41. The first-order valence-corrected chi connectivity index (χ1v) is 8.97. The van der Waals surface area contributed by atoms with Crippen LogP contribution in [0.1, 0.15) is 39.2 Å². The quantitative estimate of drug-likeness (QED) is 0.755. The Bertz CT molecular complexity index is 712. The summed E-state index contributed by atoms with van der Waals surface area (Å²) in [4.78, 5) is 25.1. The van der Waals surface area contributed by atoms with E-state index in [-0.39, 0.29) is 11.8 Å². The summed E-state index contributed by atoms with van der Waals surface area (Å²) in [6.07, 6.45) is 1.98. The van der Waals surface area contributed by atoms with Gasteiger partial charge in [-0.15, -0.1) is 11.3 Å². The highest BCUT2D eigenvalue weighted by Crippen LogP contribution is 2.23. The molecule has 23 heavy (non-hydrogen) atoms. The van der Waals surface area contributed by atoms with Crippen LogP contribution in [0.5, 0.6) is 0 Å². The molecule has 0 aliphatic rings. The van der Waals surface area contributed by atoms with E-state index in [0.717, 1.165) is 27.8 Å². The summed E-state index contributed by atoms with van der Waals surface area (Å²) in [7, 11) is 0. The third-order valence-electron chi connectivity index (χ3n) is 3.40. The molecule has 6 heteroatoms. The summed E-state index contributed by atoms with van der Waals surface area (Å²) in [5.74, 6) is -0.475. The Morgan fingerprint density at radius 1 is 1.13 bits per heavy atom. The number of carbonyl (C=O) groups is 2. The number of benzene rings is 1. The summed E-state index contributed by atoms with van der Waals surface area (Å²) in [5, 5.41) is 0. The van der Waals surface area contributed by atoms with E-state index in [1.165, 1.54) is 4.88 Å². The zero-order valence-electron chi connectivity index (χ0n) is 13.1. The third-order valence-corrected chi connectivity index (χ3v) is 5.08. The maximum Gasteiger partial charge on any atom is 0.269 e. The molecule has 0 atom stereocenters. The van der Waals surface area contributed by atoms with Crippen molar-refractivity contribution in [3.63, 3.8) is 0 Å². The molecule has 2 aromatic rings. The minimum absolute atomic E-state index is 0.182. The Morgan fingerprint density at radius 3 is 2.57 bits per heavy atom. The second kappa shape index (κ2) is 8.26. The number of hydrazine groups is 1. The molecule has 0 radical (unpaired) electrons.